The lowest BCUT2D eigenvalue weighted by Crippen LogP contribution is -2.34. The van der Waals surface area contributed by atoms with Gasteiger partial charge in [0.15, 0.2) is 5.66 Å². The number of carbonyl (C=O) groups excluding carboxylic acids is 1. The molecule has 1 unspecified atom stereocenters. The third kappa shape index (κ3) is 3.67. The van der Waals surface area contributed by atoms with Crippen molar-refractivity contribution in [1.82, 2.24) is 5.32 Å². The normalized spacial score (nSPS) is 27.0. The molecule has 1 amide bonds. The van der Waals surface area contributed by atoms with E-state index in [2.05, 4.69) is 21.5 Å². The van der Waals surface area contributed by atoms with Crippen molar-refractivity contribution in [1.29, 1.82) is 0 Å². The number of nitrogens with one attached hydrogen (secondary N) is 1. The molecule has 1 aliphatic carbocycles. The Labute approximate surface area is 132 Å². The Bertz CT molecular complexity index is 483. The van der Waals surface area contributed by atoms with Crippen LogP contribution in [0.5, 0.6) is 0 Å². The fourth-order valence-corrected chi connectivity index (χ4v) is 3.72. The van der Waals surface area contributed by atoms with Crippen LogP contribution in [0, 0.1) is 12.3 Å². The fraction of sp³-hybridized carbons (Fsp3) is 0.824. The average Bonchev–Trinajstić information content (AvgIpc) is 2.96. The van der Waals surface area contributed by atoms with Crippen LogP contribution in [0.25, 0.3) is 0 Å². The number of rotatable bonds is 7. The summed E-state index contributed by atoms with van der Waals surface area (Å²) in [5, 5.41) is 11.1. The van der Waals surface area contributed by atoms with Crippen molar-refractivity contribution in [2.24, 2.45) is 10.2 Å². The van der Waals surface area contributed by atoms with E-state index >= 15 is 0 Å². The van der Waals surface area contributed by atoms with Crippen LogP contribution in [0.3, 0.4) is 0 Å². The highest BCUT2D eigenvalue weighted by molar-refractivity contribution is 5.76. The van der Waals surface area contributed by atoms with Crippen LogP contribution < -0.4 is 5.32 Å². The summed E-state index contributed by atoms with van der Waals surface area (Å²) in [4.78, 5) is 12.0. The molecule has 0 aromatic carbocycles. The molecule has 0 bridgehead atoms. The van der Waals surface area contributed by atoms with Gasteiger partial charge in [-0.25, -0.2) is 0 Å². The molecular formula is C17H25N3O2. The molecule has 0 aromatic rings. The molecule has 22 heavy (non-hydrogen) atoms. The van der Waals surface area contributed by atoms with Crippen LogP contribution in [0.1, 0.15) is 64.2 Å². The number of terminal acetylenes is 1. The van der Waals surface area contributed by atoms with Crippen LogP contribution in [-0.4, -0.2) is 29.8 Å². The lowest BCUT2D eigenvalue weighted by Gasteiger charge is -2.23. The lowest BCUT2D eigenvalue weighted by atomic mass is 9.98. The highest BCUT2D eigenvalue weighted by atomic mass is 16.5. The van der Waals surface area contributed by atoms with Gasteiger partial charge < -0.3 is 10.1 Å². The molecular weight excluding hydrogens is 278 g/mol. The Morgan fingerprint density at radius 2 is 2.05 bits per heavy atom. The molecule has 1 atom stereocenters. The van der Waals surface area contributed by atoms with Crippen molar-refractivity contribution in [2.75, 3.05) is 6.54 Å². The summed E-state index contributed by atoms with van der Waals surface area (Å²) >= 11 is 0. The maximum atomic E-state index is 12.0. The highest BCUT2D eigenvalue weighted by Crippen LogP contribution is 2.43. The van der Waals surface area contributed by atoms with Crippen molar-refractivity contribution in [3.8, 4) is 12.3 Å². The molecule has 2 fully saturated rings. The Hall–Kier alpha value is -1.41. The van der Waals surface area contributed by atoms with E-state index in [1.54, 1.807) is 0 Å². The first-order valence-electron chi connectivity index (χ1n) is 8.47. The maximum Gasteiger partial charge on any atom is 0.220 e. The van der Waals surface area contributed by atoms with Gasteiger partial charge in [-0.2, -0.15) is 10.2 Å². The Morgan fingerprint density at radius 3 is 2.73 bits per heavy atom. The molecule has 0 radical (unpaired) electrons. The molecule has 1 spiro atoms. The summed E-state index contributed by atoms with van der Waals surface area (Å²) in [5.41, 5.74) is -0.220. The highest BCUT2D eigenvalue weighted by Gasteiger charge is 2.42. The molecule has 1 N–H and O–H groups in total. The summed E-state index contributed by atoms with van der Waals surface area (Å²) in [6.07, 6.45) is 15.2. The van der Waals surface area contributed by atoms with E-state index in [-0.39, 0.29) is 23.3 Å². The largest absolute Gasteiger partial charge is 0.370 e. The van der Waals surface area contributed by atoms with E-state index < -0.39 is 0 Å². The maximum absolute atomic E-state index is 12.0. The number of carbonyl (C=O) groups is 1. The Morgan fingerprint density at radius 1 is 1.27 bits per heavy atom. The second-order valence-electron chi connectivity index (χ2n) is 6.86. The summed E-state index contributed by atoms with van der Waals surface area (Å²) in [7, 11) is 0. The number of hydrogen-bond acceptors (Lipinski definition) is 4. The first-order chi connectivity index (χ1) is 10.7. The topological polar surface area (TPSA) is 63.0 Å². The second kappa shape index (κ2) is 6.37. The fourth-order valence-electron chi connectivity index (χ4n) is 3.72. The predicted molar refractivity (Wildman–Crippen MR) is 83.2 cm³/mol. The second-order valence-corrected chi connectivity index (χ2v) is 6.86. The van der Waals surface area contributed by atoms with Gasteiger partial charge in [-0.3, -0.25) is 4.79 Å². The Kier molecular flexibility index (Phi) is 4.49. The van der Waals surface area contributed by atoms with Gasteiger partial charge in [-0.05, 0) is 25.7 Å². The van der Waals surface area contributed by atoms with Crippen LogP contribution >= 0.6 is 0 Å². The predicted octanol–water partition coefficient (Wildman–Crippen LogP) is 2.95. The molecule has 2 heterocycles. The monoisotopic (exact) mass is 303 g/mol. The van der Waals surface area contributed by atoms with E-state index in [9.17, 15) is 4.79 Å². The number of ether oxygens (including phenoxy) is 1. The van der Waals surface area contributed by atoms with Crippen molar-refractivity contribution < 1.29 is 9.53 Å². The number of hydrogen-bond donors (Lipinski definition) is 1. The first kappa shape index (κ1) is 15.5. The zero-order valence-corrected chi connectivity index (χ0v) is 13.1. The van der Waals surface area contributed by atoms with Gasteiger partial charge in [-0.1, -0.05) is 12.8 Å². The standard InChI is InChI=1S/C17H25N3O2/c1-2-3-10-17(19-20-17)12-7-15(21)18-13-14-6-11-16(22-14)8-4-5-9-16/h1,14H,3-13H2,(H,18,21). The van der Waals surface area contributed by atoms with E-state index in [1.165, 1.54) is 25.7 Å². The minimum absolute atomic E-state index is 0.0633. The van der Waals surface area contributed by atoms with E-state index in [0.717, 1.165) is 19.3 Å². The van der Waals surface area contributed by atoms with E-state index in [0.29, 0.717) is 25.8 Å². The van der Waals surface area contributed by atoms with Gasteiger partial charge in [0, 0.05) is 32.2 Å². The summed E-state index contributed by atoms with van der Waals surface area (Å²) in [6.45, 7) is 0.631. The molecule has 5 nitrogen and oxygen atoms in total. The smallest absolute Gasteiger partial charge is 0.220 e. The van der Waals surface area contributed by atoms with Gasteiger partial charge in [0.05, 0.1) is 11.7 Å². The summed E-state index contributed by atoms with van der Waals surface area (Å²) < 4.78 is 6.20. The minimum Gasteiger partial charge on any atom is -0.370 e. The molecule has 1 saturated carbocycles. The number of amides is 1. The van der Waals surface area contributed by atoms with Crippen LogP contribution in [-0.2, 0) is 9.53 Å². The van der Waals surface area contributed by atoms with E-state index in [1.807, 2.05) is 0 Å². The summed E-state index contributed by atoms with van der Waals surface area (Å²) in [5.74, 6) is 2.66. The van der Waals surface area contributed by atoms with E-state index in [4.69, 9.17) is 11.2 Å². The molecule has 1 saturated heterocycles. The summed E-state index contributed by atoms with van der Waals surface area (Å²) in [6, 6.07) is 0. The SMILES string of the molecule is C#CCCC1(CCC(=O)NCC2CCC3(CCCC3)O2)N=N1. The average molecular weight is 303 g/mol. The van der Waals surface area contributed by atoms with Gasteiger partial charge in [0.2, 0.25) is 5.91 Å². The van der Waals surface area contributed by atoms with Crippen molar-refractivity contribution >= 4 is 5.91 Å². The lowest BCUT2D eigenvalue weighted by molar-refractivity contribution is -0.122. The van der Waals surface area contributed by atoms with Crippen molar-refractivity contribution in [2.45, 2.75) is 81.6 Å². The van der Waals surface area contributed by atoms with Crippen LogP contribution in [0.15, 0.2) is 10.2 Å². The quantitative estimate of drug-likeness (QED) is 0.735. The van der Waals surface area contributed by atoms with Crippen molar-refractivity contribution in [3.05, 3.63) is 0 Å². The van der Waals surface area contributed by atoms with Crippen LogP contribution in [0.4, 0.5) is 0 Å². The molecule has 3 aliphatic rings. The molecule has 3 rings (SSSR count). The van der Waals surface area contributed by atoms with Gasteiger partial charge in [-0.15, -0.1) is 12.3 Å². The molecule has 2 aliphatic heterocycles. The molecule has 5 heteroatoms. The third-order valence-corrected chi connectivity index (χ3v) is 5.19. The number of nitrogens with zero attached hydrogens (tertiary/aromatic N) is 2. The zero-order valence-electron chi connectivity index (χ0n) is 13.1. The third-order valence-electron chi connectivity index (χ3n) is 5.19. The molecule has 0 aromatic heterocycles. The van der Waals surface area contributed by atoms with Crippen molar-refractivity contribution in [3.63, 3.8) is 0 Å². The minimum atomic E-state index is -0.360. The van der Waals surface area contributed by atoms with Gasteiger partial charge in [0.25, 0.3) is 0 Å². The van der Waals surface area contributed by atoms with Gasteiger partial charge >= 0.3 is 0 Å². The Balaban J connectivity index is 1.32. The first-order valence-corrected chi connectivity index (χ1v) is 8.47. The molecule has 120 valence electrons. The van der Waals surface area contributed by atoms with Crippen LogP contribution in [0.2, 0.25) is 0 Å². The van der Waals surface area contributed by atoms with Gasteiger partial charge in [0.1, 0.15) is 0 Å². The zero-order chi connectivity index (χ0) is 15.5.